The maximum Gasteiger partial charge on any atom is 0.190 e. The van der Waals surface area contributed by atoms with Crippen molar-refractivity contribution < 1.29 is 0 Å². The fourth-order valence-corrected chi connectivity index (χ4v) is 4.47. The lowest BCUT2D eigenvalue weighted by atomic mass is 9.45. The van der Waals surface area contributed by atoms with Crippen LogP contribution in [0.2, 0.25) is 12.6 Å². The van der Waals surface area contributed by atoms with E-state index >= 15 is 0 Å². The van der Waals surface area contributed by atoms with Crippen LogP contribution < -0.4 is 4.78 Å². The van der Waals surface area contributed by atoms with E-state index < -0.39 is 0 Å². The maximum absolute atomic E-state index is 4.55. The first-order chi connectivity index (χ1) is 8.23. The molecule has 1 fully saturated rings. The monoisotopic (exact) mass is 280 g/mol. The molecule has 2 heterocycles. The lowest BCUT2D eigenvalue weighted by Crippen LogP contribution is -2.28. The molecule has 2 rings (SSSR count). The van der Waals surface area contributed by atoms with Crippen LogP contribution in [-0.4, -0.2) is 12.0 Å². The second-order valence-corrected chi connectivity index (χ2v) is 9.07. The summed E-state index contributed by atoms with van der Waals surface area (Å²) in [5.41, 5.74) is 2.44. The normalized spacial score (nSPS) is 23.3. The molecule has 0 aliphatic carbocycles. The number of hydrogen-bond donors (Lipinski definition) is 1. The molecule has 3 heteroatoms. The van der Waals surface area contributed by atoms with Crippen LogP contribution in [0.1, 0.15) is 40.2 Å². The molecule has 0 nitrogen and oxygen atoms in total. The maximum atomic E-state index is 4.55. The van der Waals surface area contributed by atoms with Gasteiger partial charge in [-0.2, -0.15) is 24.0 Å². The van der Waals surface area contributed by atoms with Gasteiger partial charge in [0.05, 0.1) is 0 Å². The van der Waals surface area contributed by atoms with Crippen molar-refractivity contribution in [1.82, 2.24) is 0 Å². The number of thiol groups is 1. The summed E-state index contributed by atoms with van der Waals surface area (Å²) in [7, 11) is 0. The van der Waals surface area contributed by atoms with Gasteiger partial charge < -0.3 is 0 Å². The number of hydrogen-bond acceptors (Lipinski definition) is 2. The zero-order chi connectivity index (χ0) is 13.6. The highest BCUT2D eigenvalue weighted by atomic mass is 32.1. The Hall–Kier alpha value is 0.115. The molecule has 1 saturated heterocycles. The van der Waals surface area contributed by atoms with E-state index in [1.54, 1.807) is 10.3 Å². The zero-order valence-electron chi connectivity index (χ0n) is 12.3. The summed E-state index contributed by atoms with van der Waals surface area (Å²) in [6, 6.07) is 2.31. The summed E-state index contributed by atoms with van der Waals surface area (Å²) in [5.74, 6) is 0. The first-order valence-corrected chi connectivity index (χ1v) is 8.37. The summed E-state index contributed by atoms with van der Waals surface area (Å²) in [4.78, 5) is 0. The van der Waals surface area contributed by atoms with Gasteiger partial charge in [0.25, 0.3) is 0 Å². The summed E-state index contributed by atoms with van der Waals surface area (Å²) < 4.78 is 1.63. The van der Waals surface area contributed by atoms with E-state index in [0.29, 0.717) is 16.1 Å². The minimum atomic E-state index is 0.450. The van der Waals surface area contributed by atoms with E-state index in [0.717, 1.165) is 13.1 Å². The van der Waals surface area contributed by atoms with E-state index in [2.05, 4.69) is 58.7 Å². The Morgan fingerprint density at radius 2 is 1.83 bits per heavy atom. The molecule has 0 aromatic carbocycles. The van der Waals surface area contributed by atoms with E-state index in [-0.39, 0.29) is 0 Å². The smallest absolute Gasteiger partial charge is 0.176 e. The fourth-order valence-electron chi connectivity index (χ4n) is 3.23. The molecule has 0 N–H and O–H groups in total. The van der Waals surface area contributed by atoms with Crippen LogP contribution in [0.3, 0.4) is 0 Å². The van der Waals surface area contributed by atoms with E-state index in [1.165, 1.54) is 12.6 Å². The molecule has 1 aromatic rings. The predicted molar refractivity (Wildman–Crippen MR) is 89.0 cm³/mol. The van der Waals surface area contributed by atoms with Crippen LogP contribution in [0.25, 0.3) is 0 Å². The quantitative estimate of drug-likeness (QED) is 0.616. The molecule has 1 unspecified atom stereocenters. The second kappa shape index (κ2) is 4.90. The predicted octanol–water partition coefficient (Wildman–Crippen LogP) is 4.38. The summed E-state index contributed by atoms with van der Waals surface area (Å²) in [5, 5.41) is 2.72. The molecule has 1 aliphatic rings. The third-order valence-electron chi connectivity index (χ3n) is 5.01. The zero-order valence-corrected chi connectivity index (χ0v) is 14.0. The third kappa shape index (κ3) is 2.67. The highest BCUT2D eigenvalue weighted by Gasteiger charge is 2.48. The van der Waals surface area contributed by atoms with E-state index in [4.69, 9.17) is 0 Å². The minimum absolute atomic E-state index is 0.450. The Bertz CT molecular complexity index is 402. The van der Waals surface area contributed by atoms with Crippen molar-refractivity contribution in [3.8, 4) is 0 Å². The molecule has 0 spiro atoms. The molecular formula is C15H25BS2. The van der Waals surface area contributed by atoms with Crippen LogP contribution in [0, 0.1) is 10.8 Å². The van der Waals surface area contributed by atoms with Crippen LogP contribution in [-0.2, 0) is 6.42 Å². The minimum Gasteiger partial charge on any atom is -0.176 e. The van der Waals surface area contributed by atoms with Gasteiger partial charge in [-0.15, -0.1) is 0 Å². The Morgan fingerprint density at radius 3 is 2.33 bits per heavy atom. The first kappa shape index (κ1) is 14.5. The molecule has 1 atom stereocenters. The highest BCUT2D eigenvalue weighted by molar-refractivity contribution is 7.80. The van der Waals surface area contributed by atoms with E-state index in [9.17, 15) is 0 Å². The van der Waals surface area contributed by atoms with Crippen molar-refractivity contribution in [2.75, 3.05) is 0 Å². The molecule has 0 radical (unpaired) electrons. The van der Waals surface area contributed by atoms with Gasteiger partial charge in [-0.25, -0.2) is 0 Å². The topological polar surface area (TPSA) is 0 Å². The Labute approximate surface area is 122 Å². The molecular weight excluding hydrogens is 255 g/mol. The summed E-state index contributed by atoms with van der Waals surface area (Å²) >= 11 is 6.50. The van der Waals surface area contributed by atoms with Gasteiger partial charge in [0.2, 0.25) is 0 Å². The van der Waals surface area contributed by atoms with Crippen molar-refractivity contribution >= 4 is 35.5 Å². The molecule has 1 aliphatic heterocycles. The van der Waals surface area contributed by atoms with Crippen molar-refractivity contribution in [2.24, 2.45) is 10.8 Å². The number of rotatable bonds is 3. The molecule has 100 valence electrons. The highest BCUT2D eigenvalue weighted by Crippen LogP contribution is 2.52. The van der Waals surface area contributed by atoms with Crippen LogP contribution in [0.5, 0.6) is 0 Å². The van der Waals surface area contributed by atoms with Crippen molar-refractivity contribution in [1.29, 1.82) is 0 Å². The molecule has 18 heavy (non-hydrogen) atoms. The Morgan fingerprint density at radius 1 is 1.28 bits per heavy atom. The van der Waals surface area contributed by atoms with Gasteiger partial charge in [-0.3, -0.25) is 0 Å². The molecule has 1 aromatic heterocycles. The number of thiophene rings is 1. The SMILES string of the molecule is CC(S)Cc1ccsc1B1CC(C)(C)C(C)(C)C1. The molecule has 0 amide bonds. The Balaban J connectivity index is 2.22. The van der Waals surface area contributed by atoms with Crippen molar-refractivity contribution in [3.63, 3.8) is 0 Å². The average Bonchev–Trinajstić information content (AvgIpc) is 2.69. The van der Waals surface area contributed by atoms with Gasteiger partial charge in [-0.1, -0.05) is 47.3 Å². The van der Waals surface area contributed by atoms with Gasteiger partial charge in [0.15, 0.2) is 6.71 Å². The molecule has 0 bridgehead atoms. The van der Waals surface area contributed by atoms with Gasteiger partial charge in [0, 0.05) is 5.25 Å². The first-order valence-electron chi connectivity index (χ1n) is 6.97. The van der Waals surface area contributed by atoms with Gasteiger partial charge >= 0.3 is 0 Å². The van der Waals surface area contributed by atoms with Crippen LogP contribution >= 0.6 is 24.0 Å². The average molecular weight is 280 g/mol. The summed E-state index contributed by atoms with van der Waals surface area (Å²) in [6.45, 7) is 12.7. The van der Waals surface area contributed by atoms with Crippen molar-refractivity contribution in [3.05, 3.63) is 17.0 Å². The third-order valence-corrected chi connectivity index (χ3v) is 6.32. The van der Waals surface area contributed by atoms with Crippen molar-refractivity contribution in [2.45, 2.75) is 58.9 Å². The van der Waals surface area contributed by atoms with Crippen LogP contribution in [0.4, 0.5) is 0 Å². The molecule has 0 saturated carbocycles. The largest absolute Gasteiger partial charge is 0.190 e. The van der Waals surface area contributed by atoms with Crippen LogP contribution in [0.15, 0.2) is 11.4 Å². The lowest BCUT2D eigenvalue weighted by Gasteiger charge is -2.35. The Kier molecular flexibility index (Phi) is 3.95. The lowest BCUT2D eigenvalue weighted by molar-refractivity contribution is 0.177. The standard InChI is InChI=1S/C15H25BS2/c1-11(17)8-12-6-7-18-13(12)16-9-14(2,3)15(4,5)10-16/h6-7,11,17H,8-10H2,1-5H3. The second-order valence-electron chi connectivity index (χ2n) is 7.24. The van der Waals surface area contributed by atoms with E-state index in [1.807, 2.05) is 11.3 Å². The fraction of sp³-hybridized carbons (Fsp3) is 0.733. The van der Waals surface area contributed by atoms with Gasteiger partial charge in [-0.05, 0) is 39.0 Å². The summed E-state index contributed by atoms with van der Waals surface area (Å²) in [6.07, 6.45) is 3.77. The van der Waals surface area contributed by atoms with Gasteiger partial charge in [0.1, 0.15) is 0 Å².